The van der Waals surface area contributed by atoms with Crippen LogP contribution >= 0.6 is 11.8 Å². The average Bonchev–Trinajstić information content (AvgIpc) is 3.35. The van der Waals surface area contributed by atoms with E-state index >= 15 is 0 Å². The van der Waals surface area contributed by atoms with Crippen molar-refractivity contribution in [3.05, 3.63) is 60.2 Å². The number of anilines is 1. The smallest absolute Gasteiger partial charge is 0.234 e. The third kappa shape index (κ3) is 3.95. The van der Waals surface area contributed by atoms with Crippen molar-refractivity contribution in [2.75, 3.05) is 11.1 Å². The molecule has 0 bridgehead atoms. The van der Waals surface area contributed by atoms with Crippen LogP contribution in [0.25, 0.3) is 16.7 Å². The number of carbonyl (C=O) groups excluding carboxylic acids is 1. The fourth-order valence-corrected chi connectivity index (χ4v) is 4.06. The summed E-state index contributed by atoms with van der Waals surface area (Å²) in [4.78, 5) is 21.4. The van der Waals surface area contributed by atoms with E-state index in [9.17, 15) is 4.79 Å². The number of imidazole rings is 1. The van der Waals surface area contributed by atoms with Crippen LogP contribution in [0.3, 0.4) is 0 Å². The number of amides is 1. The number of aryl methyl sites for hydroxylation is 1. The molecule has 0 unspecified atom stereocenters. The molecule has 0 fully saturated rings. The maximum atomic E-state index is 12.5. The number of aromatic nitrogens is 5. The lowest BCUT2D eigenvalue weighted by Gasteiger charge is -2.12. The van der Waals surface area contributed by atoms with Gasteiger partial charge in [0.15, 0.2) is 10.8 Å². The largest absolute Gasteiger partial charge is 0.324 e. The van der Waals surface area contributed by atoms with Crippen molar-refractivity contribution in [3.8, 4) is 5.69 Å². The van der Waals surface area contributed by atoms with Gasteiger partial charge in [-0.2, -0.15) is 5.10 Å². The minimum Gasteiger partial charge on any atom is -0.324 e. The lowest BCUT2D eigenvalue weighted by atomic mass is 10.1. The zero-order valence-corrected chi connectivity index (χ0v) is 18.3. The summed E-state index contributed by atoms with van der Waals surface area (Å²) >= 11 is 1.41. The van der Waals surface area contributed by atoms with Crippen molar-refractivity contribution < 1.29 is 4.79 Å². The molecule has 30 heavy (non-hydrogen) atoms. The molecule has 0 aliphatic heterocycles. The Labute approximate surface area is 179 Å². The van der Waals surface area contributed by atoms with Crippen LogP contribution in [-0.4, -0.2) is 36.0 Å². The van der Waals surface area contributed by atoms with Gasteiger partial charge in [0, 0.05) is 23.8 Å². The van der Waals surface area contributed by atoms with Crippen molar-refractivity contribution >= 4 is 34.4 Å². The van der Waals surface area contributed by atoms with E-state index in [-0.39, 0.29) is 17.7 Å². The lowest BCUT2D eigenvalue weighted by Crippen LogP contribution is -2.15. The first kappa shape index (κ1) is 20.2. The second-order valence-corrected chi connectivity index (χ2v) is 8.40. The Morgan fingerprint density at radius 3 is 2.83 bits per heavy atom. The van der Waals surface area contributed by atoms with Gasteiger partial charge in [-0.15, -0.1) is 0 Å². The minimum atomic E-state index is -0.104. The molecule has 0 radical (unpaired) electrons. The SMILES string of the molecule is Cc1cccc(-n2ccnc2SCC(=O)Nc2cnc3c(cnn3C(C)C)c2)c1C. The highest BCUT2D eigenvalue weighted by atomic mass is 32.2. The van der Waals surface area contributed by atoms with Crippen molar-refractivity contribution in [2.24, 2.45) is 0 Å². The zero-order chi connectivity index (χ0) is 21.3. The van der Waals surface area contributed by atoms with E-state index in [2.05, 4.69) is 60.2 Å². The van der Waals surface area contributed by atoms with Crippen LogP contribution in [0.4, 0.5) is 5.69 Å². The molecule has 4 rings (SSSR count). The molecule has 4 aromatic rings. The lowest BCUT2D eigenvalue weighted by molar-refractivity contribution is -0.113. The number of fused-ring (bicyclic) bond motifs is 1. The van der Waals surface area contributed by atoms with Gasteiger partial charge < -0.3 is 5.32 Å². The normalized spacial score (nSPS) is 11.4. The highest BCUT2D eigenvalue weighted by Crippen LogP contribution is 2.25. The number of hydrogen-bond donors (Lipinski definition) is 1. The molecule has 0 saturated carbocycles. The van der Waals surface area contributed by atoms with Crippen molar-refractivity contribution in [2.45, 2.75) is 38.9 Å². The molecular formula is C22H24N6OS. The molecule has 0 aliphatic rings. The molecule has 0 aliphatic carbocycles. The van der Waals surface area contributed by atoms with Crippen molar-refractivity contribution in [1.29, 1.82) is 0 Å². The second kappa shape index (κ2) is 8.31. The van der Waals surface area contributed by atoms with E-state index in [1.807, 2.05) is 27.6 Å². The predicted molar refractivity (Wildman–Crippen MR) is 120 cm³/mol. The maximum absolute atomic E-state index is 12.5. The Bertz CT molecular complexity index is 1210. The van der Waals surface area contributed by atoms with Crippen LogP contribution < -0.4 is 5.32 Å². The van der Waals surface area contributed by atoms with Gasteiger partial charge in [0.05, 0.1) is 29.5 Å². The third-order valence-electron chi connectivity index (χ3n) is 4.98. The number of carbonyl (C=O) groups is 1. The van der Waals surface area contributed by atoms with Crippen LogP contribution in [0.15, 0.2) is 54.2 Å². The number of nitrogens with zero attached hydrogens (tertiary/aromatic N) is 5. The first-order chi connectivity index (χ1) is 14.4. The van der Waals surface area contributed by atoms with Crippen molar-refractivity contribution in [3.63, 3.8) is 0 Å². The number of thioether (sulfide) groups is 1. The maximum Gasteiger partial charge on any atom is 0.234 e. The Kier molecular flexibility index (Phi) is 5.59. The monoisotopic (exact) mass is 420 g/mol. The average molecular weight is 421 g/mol. The first-order valence-corrected chi connectivity index (χ1v) is 10.8. The summed E-state index contributed by atoms with van der Waals surface area (Å²) in [6.07, 6.45) is 7.12. The van der Waals surface area contributed by atoms with E-state index in [0.717, 1.165) is 21.9 Å². The molecule has 1 N–H and O–H groups in total. The van der Waals surface area contributed by atoms with Gasteiger partial charge in [-0.1, -0.05) is 23.9 Å². The highest BCUT2D eigenvalue weighted by molar-refractivity contribution is 7.99. The molecule has 0 atom stereocenters. The standard InChI is InChI=1S/C22H24N6OS/c1-14(2)28-21-17(11-25-28)10-18(12-24-21)26-20(29)13-30-22-23-8-9-27(22)19-7-5-6-15(3)16(19)4/h5-12,14H,13H2,1-4H3,(H,26,29). The summed E-state index contributed by atoms with van der Waals surface area (Å²) in [5.41, 5.74) is 4.97. The quantitative estimate of drug-likeness (QED) is 0.463. The number of pyridine rings is 1. The van der Waals surface area contributed by atoms with Gasteiger partial charge in [-0.05, 0) is 51.0 Å². The molecule has 7 nitrogen and oxygen atoms in total. The topological polar surface area (TPSA) is 77.6 Å². The van der Waals surface area contributed by atoms with Crippen LogP contribution in [0.5, 0.6) is 0 Å². The van der Waals surface area contributed by atoms with Crippen molar-refractivity contribution in [1.82, 2.24) is 24.3 Å². The van der Waals surface area contributed by atoms with E-state index in [0.29, 0.717) is 5.69 Å². The first-order valence-electron chi connectivity index (χ1n) is 9.80. The number of nitrogens with one attached hydrogen (secondary N) is 1. The fourth-order valence-electron chi connectivity index (χ4n) is 3.29. The molecule has 1 amide bonds. The van der Waals surface area contributed by atoms with Gasteiger partial charge in [0.25, 0.3) is 0 Å². The summed E-state index contributed by atoms with van der Waals surface area (Å²) in [5.74, 6) is 0.151. The van der Waals surface area contributed by atoms with E-state index in [1.165, 1.54) is 22.9 Å². The van der Waals surface area contributed by atoms with Gasteiger partial charge in [-0.25, -0.2) is 14.6 Å². The van der Waals surface area contributed by atoms with Crippen LogP contribution in [0.2, 0.25) is 0 Å². The summed E-state index contributed by atoms with van der Waals surface area (Å²) in [7, 11) is 0. The van der Waals surface area contributed by atoms with Gasteiger partial charge >= 0.3 is 0 Å². The zero-order valence-electron chi connectivity index (χ0n) is 17.5. The number of rotatable bonds is 6. The molecular weight excluding hydrogens is 396 g/mol. The highest BCUT2D eigenvalue weighted by Gasteiger charge is 2.13. The fraction of sp³-hybridized carbons (Fsp3) is 0.273. The van der Waals surface area contributed by atoms with Gasteiger partial charge in [0.1, 0.15) is 0 Å². The van der Waals surface area contributed by atoms with Crippen LogP contribution in [0.1, 0.15) is 31.0 Å². The molecule has 0 spiro atoms. The van der Waals surface area contributed by atoms with E-state index < -0.39 is 0 Å². The summed E-state index contributed by atoms with van der Waals surface area (Å²) in [5, 5.41) is 8.97. The van der Waals surface area contributed by atoms with Crippen LogP contribution in [0, 0.1) is 13.8 Å². The summed E-state index contributed by atoms with van der Waals surface area (Å²) < 4.78 is 3.89. The van der Waals surface area contributed by atoms with Crippen LogP contribution in [-0.2, 0) is 4.79 Å². The minimum absolute atomic E-state index is 0.104. The van der Waals surface area contributed by atoms with E-state index in [1.54, 1.807) is 18.6 Å². The Balaban J connectivity index is 1.44. The van der Waals surface area contributed by atoms with E-state index in [4.69, 9.17) is 0 Å². The molecule has 3 heterocycles. The Morgan fingerprint density at radius 2 is 2.03 bits per heavy atom. The molecule has 154 valence electrons. The van der Waals surface area contributed by atoms with Gasteiger partial charge in [-0.3, -0.25) is 9.36 Å². The molecule has 1 aromatic carbocycles. The van der Waals surface area contributed by atoms with Gasteiger partial charge in [0.2, 0.25) is 5.91 Å². The number of hydrogen-bond acceptors (Lipinski definition) is 5. The molecule has 8 heteroatoms. The summed E-state index contributed by atoms with van der Waals surface area (Å²) in [6.45, 7) is 8.30. The number of benzene rings is 1. The molecule has 3 aromatic heterocycles. The Hall–Kier alpha value is -3.13. The summed E-state index contributed by atoms with van der Waals surface area (Å²) in [6, 6.07) is 8.31. The Morgan fingerprint density at radius 1 is 1.20 bits per heavy atom. The predicted octanol–water partition coefficient (Wildman–Crippen LogP) is 4.55. The second-order valence-electron chi connectivity index (χ2n) is 7.46. The molecule has 0 saturated heterocycles. The third-order valence-corrected chi connectivity index (χ3v) is 5.95.